The molecule has 0 bridgehead atoms. The summed E-state index contributed by atoms with van der Waals surface area (Å²) in [7, 11) is 0. The summed E-state index contributed by atoms with van der Waals surface area (Å²) in [6.45, 7) is 1.54. The lowest BCUT2D eigenvalue weighted by atomic mass is 10.3. The van der Waals surface area contributed by atoms with E-state index in [0.29, 0.717) is 21.5 Å². The van der Waals surface area contributed by atoms with Crippen molar-refractivity contribution in [2.45, 2.75) is 12.8 Å². The number of amides is 3. The molecule has 3 amide bonds. The van der Waals surface area contributed by atoms with E-state index in [1.807, 2.05) is 0 Å². The van der Waals surface area contributed by atoms with Crippen LogP contribution in [0.3, 0.4) is 0 Å². The molecule has 0 aliphatic carbocycles. The molecule has 1 aliphatic rings. The van der Waals surface area contributed by atoms with Crippen molar-refractivity contribution in [3.63, 3.8) is 0 Å². The number of hydrogen-bond acceptors (Lipinski definition) is 4. The standard InChI is InChI=1S/C15H15ClN4O2S/c16-10-4-3-5-11(8-10)17-14(22)19-15-18-12(9-23-15)13(21)20-6-1-2-7-20/h3-5,8-9H,1-2,6-7H2,(H2,17,18,19,22). The van der Waals surface area contributed by atoms with E-state index in [1.54, 1.807) is 34.5 Å². The van der Waals surface area contributed by atoms with Gasteiger partial charge in [-0.15, -0.1) is 11.3 Å². The van der Waals surface area contributed by atoms with Crippen LogP contribution >= 0.6 is 22.9 Å². The van der Waals surface area contributed by atoms with Crippen molar-refractivity contribution in [1.82, 2.24) is 9.88 Å². The summed E-state index contributed by atoms with van der Waals surface area (Å²) in [5.41, 5.74) is 0.954. The van der Waals surface area contributed by atoms with Gasteiger partial charge < -0.3 is 10.2 Å². The van der Waals surface area contributed by atoms with Gasteiger partial charge in [-0.25, -0.2) is 9.78 Å². The van der Waals surface area contributed by atoms with Crippen molar-refractivity contribution in [2.75, 3.05) is 23.7 Å². The maximum absolute atomic E-state index is 12.2. The van der Waals surface area contributed by atoms with Gasteiger partial charge in [-0.05, 0) is 31.0 Å². The van der Waals surface area contributed by atoms with E-state index in [9.17, 15) is 9.59 Å². The third-order valence-corrected chi connectivity index (χ3v) is 4.41. The van der Waals surface area contributed by atoms with Crippen LogP contribution < -0.4 is 10.6 Å². The quantitative estimate of drug-likeness (QED) is 0.886. The molecule has 0 radical (unpaired) electrons. The topological polar surface area (TPSA) is 74.3 Å². The number of nitrogens with zero attached hydrogens (tertiary/aromatic N) is 2. The number of nitrogens with one attached hydrogen (secondary N) is 2. The number of carbonyl (C=O) groups is 2. The third kappa shape index (κ3) is 4.00. The second-order valence-electron chi connectivity index (χ2n) is 5.13. The van der Waals surface area contributed by atoms with Crippen LogP contribution in [0, 0.1) is 0 Å². The molecule has 1 saturated heterocycles. The lowest BCUT2D eigenvalue weighted by molar-refractivity contribution is 0.0788. The van der Waals surface area contributed by atoms with Gasteiger partial charge in [0.05, 0.1) is 0 Å². The van der Waals surface area contributed by atoms with Gasteiger partial charge in [0.1, 0.15) is 5.69 Å². The largest absolute Gasteiger partial charge is 0.337 e. The highest BCUT2D eigenvalue weighted by atomic mass is 35.5. The van der Waals surface area contributed by atoms with E-state index in [2.05, 4.69) is 15.6 Å². The molecule has 0 unspecified atom stereocenters. The minimum Gasteiger partial charge on any atom is -0.337 e. The van der Waals surface area contributed by atoms with E-state index < -0.39 is 6.03 Å². The molecule has 1 aliphatic heterocycles. The summed E-state index contributed by atoms with van der Waals surface area (Å²) < 4.78 is 0. The summed E-state index contributed by atoms with van der Waals surface area (Å²) in [6, 6.07) is 6.42. The molecule has 2 aromatic rings. The van der Waals surface area contributed by atoms with Crippen molar-refractivity contribution in [1.29, 1.82) is 0 Å². The number of thiazole rings is 1. The first kappa shape index (κ1) is 15.8. The molecule has 3 rings (SSSR count). The van der Waals surface area contributed by atoms with Crippen LogP contribution in [0.15, 0.2) is 29.6 Å². The highest BCUT2D eigenvalue weighted by molar-refractivity contribution is 7.14. The second kappa shape index (κ2) is 6.97. The van der Waals surface area contributed by atoms with Crippen LogP contribution in [0.4, 0.5) is 15.6 Å². The van der Waals surface area contributed by atoms with Crippen molar-refractivity contribution >= 4 is 45.7 Å². The molecule has 120 valence electrons. The maximum Gasteiger partial charge on any atom is 0.325 e. The van der Waals surface area contributed by atoms with Gasteiger partial charge in [0, 0.05) is 29.2 Å². The van der Waals surface area contributed by atoms with E-state index >= 15 is 0 Å². The molecule has 0 atom stereocenters. The zero-order chi connectivity index (χ0) is 16.2. The molecule has 23 heavy (non-hydrogen) atoms. The molecule has 8 heteroatoms. The van der Waals surface area contributed by atoms with Gasteiger partial charge in [-0.3, -0.25) is 10.1 Å². The Balaban J connectivity index is 1.60. The number of anilines is 2. The SMILES string of the molecule is O=C(Nc1cccc(Cl)c1)Nc1nc(C(=O)N2CCCC2)cs1. The number of likely N-dealkylation sites (tertiary alicyclic amines) is 1. The van der Waals surface area contributed by atoms with Gasteiger partial charge in [0.15, 0.2) is 5.13 Å². The third-order valence-electron chi connectivity index (χ3n) is 3.42. The van der Waals surface area contributed by atoms with Gasteiger partial charge >= 0.3 is 6.03 Å². The van der Waals surface area contributed by atoms with Crippen LogP contribution in [0.25, 0.3) is 0 Å². The normalized spacial score (nSPS) is 13.9. The number of halogens is 1. The van der Waals surface area contributed by atoms with Gasteiger partial charge in [0.2, 0.25) is 0 Å². The van der Waals surface area contributed by atoms with Gasteiger partial charge in [-0.1, -0.05) is 17.7 Å². The van der Waals surface area contributed by atoms with Crippen molar-refractivity contribution in [3.8, 4) is 0 Å². The van der Waals surface area contributed by atoms with Crippen LogP contribution in [-0.2, 0) is 0 Å². The average molecular weight is 351 g/mol. The first-order chi connectivity index (χ1) is 11.1. The fourth-order valence-corrected chi connectivity index (χ4v) is 3.21. The number of rotatable bonds is 3. The second-order valence-corrected chi connectivity index (χ2v) is 6.42. The molecule has 6 nitrogen and oxygen atoms in total. The highest BCUT2D eigenvalue weighted by Crippen LogP contribution is 2.20. The number of hydrogen-bond donors (Lipinski definition) is 2. The molecule has 1 fully saturated rings. The molecule has 0 spiro atoms. The highest BCUT2D eigenvalue weighted by Gasteiger charge is 2.22. The molecule has 0 saturated carbocycles. The Bertz CT molecular complexity index is 728. The van der Waals surface area contributed by atoms with Gasteiger partial charge in [0.25, 0.3) is 5.91 Å². The summed E-state index contributed by atoms with van der Waals surface area (Å²) in [6.07, 6.45) is 2.06. The van der Waals surface area contributed by atoms with Crippen LogP contribution in [0.2, 0.25) is 5.02 Å². The summed E-state index contributed by atoms with van der Waals surface area (Å²) in [5, 5.41) is 7.86. The predicted molar refractivity (Wildman–Crippen MR) is 91.3 cm³/mol. The Morgan fingerprint density at radius 1 is 1.22 bits per heavy atom. The monoisotopic (exact) mass is 350 g/mol. The lowest BCUT2D eigenvalue weighted by Crippen LogP contribution is -2.28. The predicted octanol–water partition coefficient (Wildman–Crippen LogP) is 3.68. The maximum atomic E-state index is 12.2. The molecule has 1 aromatic carbocycles. The van der Waals surface area contributed by atoms with Crippen molar-refractivity contribution < 1.29 is 9.59 Å². The Morgan fingerprint density at radius 3 is 2.74 bits per heavy atom. The van der Waals surface area contributed by atoms with Crippen LogP contribution in [-0.4, -0.2) is 34.9 Å². The smallest absolute Gasteiger partial charge is 0.325 e. The molecular weight excluding hydrogens is 336 g/mol. The minimum absolute atomic E-state index is 0.0814. The van der Waals surface area contributed by atoms with Crippen LogP contribution in [0.5, 0.6) is 0 Å². The number of benzene rings is 1. The molecule has 1 aromatic heterocycles. The van der Waals surface area contributed by atoms with Crippen molar-refractivity contribution in [3.05, 3.63) is 40.4 Å². The van der Waals surface area contributed by atoms with Gasteiger partial charge in [-0.2, -0.15) is 0 Å². The summed E-state index contributed by atoms with van der Waals surface area (Å²) in [4.78, 5) is 30.1. The number of urea groups is 1. The van der Waals surface area contributed by atoms with E-state index in [1.165, 1.54) is 11.3 Å². The number of aromatic nitrogens is 1. The Hall–Kier alpha value is -2.12. The van der Waals surface area contributed by atoms with E-state index in [0.717, 1.165) is 25.9 Å². The first-order valence-electron chi connectivity index (χ1n) is 7.20. The minimum atomic E-state index is -0.429. The Labute approximate surface area is 142 Å². The Morgan fingerprint density at radius 2 is 2.00 bits per heavy atom. The van der Waals surface area contributed by atoms with Crippen molar-refractivity contribution in [2.24, 2.45) is 0 Å². The zero-order valence-corrected chi connectivity index (χ0v) is 13.8. The molecule has 2 N–H and O–H groups in total. The fourth-order valence-electron chi connectivity index (χ4n) is 2.34. The average Bonchev–Trinajstić information content (AvgIpc) is 3.17. The lowest BCUT2D eigenvalue weighted by Gasteiger charge is -2.12. The zero-order valence-electron chi connectivity index (χ0n) is 12.2. The van der Waals surface area contributed by atoms with Crippen LogP contribution in [0.1, 0.15) is 23.3 Å². The summed E-state index contributed by atoms with van der Waals surface area (Å²) >= 11 is 7.09. The Kier molecular flexibility index (Phi) is 4.78. The molecular formula is C15H15ClN4O2S. The van der Waals surface area contributed by atoms with E-state index in [4.69, 9.17) is 11.6 Å². The van der Waals surface area contributed by atoms with E-state index in [-0.39, 0.29) is 5.91 Å². The molecule has 2 heterocycles. The summed E-state index contributed by atoms with van der Waals surface area (Å²) in [5.74, 6) is -0.0814. The fraction of sp³-hybridized carbons (Fsp3) is 0.267. The number of carbonyl (C=O) groups excluding carboxylic acids is 2. The first-order valence-corrected chi connectivity index (χ1v) is 8.46.